The first-order chi connectivity index (χ1) is 16.7. The third-order valence-corrected chi connectivity index (χ3v) is 6.01. The molecule has 0 spiro atoms. The first-order valence-corrected chi connectivity index (χ1v) is 11.4. The van der Waals surface area contributed by atoms with E-state index in [0.717, 1.165) is 35.5 Å². The normalized spacial score (nSPS) is 15.0. The minimum absolute atomic E-state index is 0.0816. The van der Waals surface area contributed by atoms with Gasteiger partial charge in [0.05, 0.1) is 33.1 Å². The molecule has 0 aliphatic carbocycles. The second-order valence-electron chi connectivity index (χ2n) is 8.07. The van der Waals surface area contributed by atoms with E-state index < -0.39 is 0 Å². The SMILES string of the molecule is CNc1cc2c(cc1OCc1ccccc1)CCNC2/C=C/c1cc(OC)c(OC)c(OC)c1. The summed E-state index contributed by atoms with van der Waals surface area (Å²) in [5.74, 6) is 2.73. The molecule has 0 fully saturated rings. The zero-order valence-corrected chi connectivity index (χ0v) is 20.2. The summed E-state index contributed by atoms with van der Waals surface area (Å²) >= 11 is 0. The second kappa shape index (κ2) is 11.0. The molecule has 1 unspecified atom stereocenters. The molecule has 1 heterocycles. The van der Waals surface area contributed by atoms with Crippen LogP contribution in [0.15, 0.2) is 60.7 Å². The largest absolute Gasteiger partial charge is 0.493 e. The Morgan fingerprint density at radius 2 is 1.68 bits per heavy atom. The molecule has 3 aromatic carbocycles. The highest BCUT2D eigenvalue weighted by Gasteiger charge is 2.21. The van der Waals surface area contributed by atoms with Gasteiger partial charge in [-0.2, -0.15) is 0 Å². The van der Waals surface area contributed by atoms with Crippen LogP contribution in [0.3, 0.4) is 0 Å². The maximum absolute atomic E-state index is 6.18. The van der Waals surface area contributed by atoms with Crippen LogP contribution in [0.2, 0.25) is 0 Å². The second-order valence-corrected chi connectivity index (χ2v) is 8.07. The summed E-state index contributed by atoms with van der Waals surface area (Å²) in [6.07, 6.45) is 5.20. The average molecular weight is 461 g/mol. The van der Waals surface area contributed by atoms with Crippen molar-refractivity contribution in [1.82, 2.24) is 5.32 Å². The number of ether oxygens (including phenoxy) is 4. The summed E-state index contributed by atoms with van der Waals surface area (Å²) < 4.78 is 22.6. The lowest BCUT2D eigenvalue weighted by Gasteiger charge is -2.27. The third-order valence-electron chi connectivity index (χ3n) is 6.01. The van der Waals surface area contributed by atoms with E-state index in [1.54, 1.807) is 21.3 Å². The van der Waals surface area contributed by atoms with Gasteiger partial charge < -0.3 is 29.6 Å². The fraction of sp³-hybridized carbons (Fsp3) is 0.286. The van der Waals surface area contributed by atoms with Crippen LogP contribution in [0.5, 0.6) is 23.0 Å². The Hall–Kier alpha value is -3.64. The molecule has 0 saturated heterocycles. The number of nitrogens with one attached hydrogen (secondary N) is 2. The van der Waals surface area contributed by atoms with Crippen LogP contribution in [-0.2, 0) is 13.0 Å². The number of fused-ring (bicyclic) bond motifs is 1. The van der Waals surface area contributed by atoms with Crippen LogP contribution in [0.1, 0.15) is 28.3 Å². The Morgan fingerprint density at radius 3 is 2.32 bits per heavy atom. The number of benzene rings is 3. The topological polar surface area (TPSA) is 61.0 Å². The molecule has 0 bridgehead atoms. The standard InChI is InChI=1S/C28H32N2O4/c1-29-24-17-22-21(16-25(24)34-18-19-8-6-5-7-9-19)12-13-30-23(22)11-10-20-14-26(31-2)28(33-4)27(15-20)32-3/h5-11,14-17,23,29-30H,12-13,18H2,1-4H3/b11-10+. The smallest absolute Gasteiger partial charge is 0.203 e. The lowest BCUT2D eigenvalue weighted by atomic mass is 9.92. The zero-order valence-electron chi connectivity index (χ0n) is 20.2. The third kappa shape index (κ3) is 5.13. The van der Waals surface area contributed by atoms with Gasteiger partial charge in [0, 0.05) is 13.6 Å². The molecule has 1 aliphatic heterocycles. The Bertz CT molecular complexity index is 1120. The minimum atomic E-state index is 0.0816. The maximum Gasteiger partial charge on any atom is 0.203 e. The van der Waals surface area contributed by atoms with Crippen molar-refractivity contribution in [3.05, 3.63) is 82.9 Å². The molecule has 2 N–H and O–H groups in total. The van der Waals surface area contributed by atoms with Crippen LogP contribution in [0.4, 0.5) is 5.69 Å². The van der Waals surface area contributed by atoms with Crippen molar-refractivity contribution in [1.29, 1.82) is 0 Å². The first-order valence-electron chi connectivity index (χ1n) is 11.4. The lowest BCUT2D eigenvalue weighted by Crippen LogP contribution is -2.28. The molecule has 0 radical (unpaired) electrons. The van der Waals surface area contributed by atoms with Crippen LogP contribution in [-0.4, -0.2) is 34.9 Å². The van der Waals surface area contributed by atoms with Crippen molar-refractivity contribution in [2.24, 2.45) is 0 Å². The molecule has 0 amide bonds. The molecule has 3 aromatic rings. The summed E-state index contributed by atoms with van der Waals surface area (Å²) in [5, 5.41) is 6.91. The quantitative estimate of drug-likeness (QED) is 0.456. The number of hydrogen-bond acceptors (Lipinski definition) is 6. The average Bonchev–Trinajstić information content (AvgIpc) is 2.89. The van der Waals surface area contributed by atoms with Gasteiger partial charge >= 0.3 is 0 Å². The molecule has 6 heteroatoms. The van der Waals surface area contributed by atoms with Gasteiger partial charge in [0.25, 0.3) is 0 Å². The fourth-order valence-electron chi connectivity index (χ4n) is 4.24. The molecule has 0 aromatic heterocycles. The predicted octanol–water partition coefficient (Wildman–Crippen LogP) is 5.23. The molecule has 4 rings (SSSR count). The molecule has 6 nitrogen and oxygen atoms in total. The maximum atomic E-state index is 6.18. The predicted molar refractivity (Wildman–Crippen MR) is 136 cm³/mol. The minimum Gasteiger partial charge on any atom is -0.493 e. The summed E-state index contributed by atoms with van der Waals surface area (Å²) in [4.78, 5) is 0. The summed E-state index contributed by atoms with van der Waals surface area (Å²) in [6, 6.07) is 18.6. The first kappa shape index (κ1) is 23.5. The van der Waals surface area contributed by atoms with E-state index in [9.17, 15) is 0 Å². The van der Waals surface area contributed by atoms with Crippen LogP contribution in [0, 0.1) is 0 Å². The molecular formula is C28H32N2O4. The summed E-state index contributed by atoms with van der Waals surface area (Å²) in [5.41, 5.74) is 5.63. The Labute approximate surface area is 201 Å². The van der Waals surface area contributed by atoms with Gasteiger partial charge in [-0.05, 0) is 52.9 Å². The van der Waals surface area contributed by atoms with Crippen molar-refractivity contribution < 1.29 is 18.9 Å². The van der Waals surface area contributed by atoms with Gasteiger partial charge in [0.15, 0.2) is 11.5 Å². The van der Waals surface area contributed by atoms with E-state index in [1.165, 1.54) is 11.1 Å². The highest BCUT2D eigenvalue weighted by atomic mass is 16.5. The summed E-state index contributed by atoms with van der Waals surface area (Å²) in [7, 11) is 6.78. The number of hydrogen-bond donors (Lipinski definition) is 2. The van der Waals surface area contributed by atoms with Gasteiger partial charge in [-0.25, -0.2) is 0 Å². The fourth-order valence-corrected chi connectivity index (χ4v) is 4.24. The Balaban J connectivity index is 1.59. The van der Waals surface area contributed by atoms with Crippen molar-refractivity contribution in [3.63, 3.8) is 0 Å². The lowest BCUT2D eigenvalue weighted by molar-refractivity contribution is 0.307. The van der Waals surface area contributed by atoms with E-state index in [2.05, 4.69) is 47.1 Å². The van der Waals surface area contributed by atoms with Crippen LogP contribution in [0.25, 0.3) is 6.08 Å². The van der Waals surface area contributed by atoms with Crippen molar-refractivity contribution in [3.8, 4) is 23.0 Å². The van der Waals surface area contributed by atoms with Gasteiger partial charge in [-0.3, -0.25) is 0 Å². The van der Waals surface area contributed by atoms with Crippen LogP contribution >= 0.6 is 0 Å². The van der Waals surface area contributed by atoms with E-state index in [1.807, 2.05) is 37.4 Å². The number of rotatable bonds is 9. The molecule has 34 heavy (non-hydrogen) atoms. The van der Waals surface area contributed by atoms with E-state index in [0.29, 0.717) is 23.9 Å². The van der Waals surface area contributed by atoms with Gasteiger partial charge in [0.1, 0.15) is 12.4 Å². The monoisotopic (exact) mass is 460 g/mol. The van der Waals surface area contributed by atoms with Gasteiger partial charge in [-0.1, -0.05) is 42.5 Å². The van der Waals surface area contributed by atoms with Crippen molar-refractivity contribution in [2.45, 2.75) is 19.1 Å². The summed E-state index contributed by atoms with van der Waals surface area (Å²) in [6.45, 7) is 1.44. The number of methoxy groups -OCH3 is 3. The Kier molecular flexibility index (Phi) is 7.60. The molecule has 1 aliphatic rings. The van der Waals surface area contributed by atoms with E-state index in [-0.39, 0.29) is 6.04 Å². The van der Waals surface area contributed by atoms with Gasteiger partial charge in [-0.15, -0.1) is 0 Å². The van der Waals surface area contributed by atoms with Crippen molar-refractivity contribution in [2.75, 3.05) is 40.2 Å². The zero-order chi connectivity index (χ0) is 23.9. The number of anilines is 1. The highest BCUT2D eigenvalue weighted by molar-refractivity contribution is 5.64. The van der Waals surface area contributed by atoms with Gasteiger partial charge in [0.2, 0.25) is 5.75 Å². The highest BCUT2D eigenvalue weighted by Crippen LogP contribution is 2.39. The molecule has 178 valence electrons. The molecule has 0 saturated carbocycles. The van der Waals surface area contributed by atoms with E-state index in [4.69, 9.17) is 18.9 Å². The molecular weight excluding hydrogens is 428 g/mol. The van der Waals surface area contributed by atoms with E-state index >= 15 is 0 Å². The Morgan fingerprint density at radius 1 is 0.941 bits per heavy atom. The van der Waals surface area contributed by atoms with Crippen molar-refractivity contribution >= 4 is 11.8 Å². The van der Waals surface area contributed by atoms with Crippen LogP contribution < -0.4 is 29.6 Å². The molecule has 1 atom stereocenters.